The zero-order valence-electron chi connectivity index (χ0n) is 15.5. The zero-order chi connectivity index (χ0) is 19.1. The third-order valence-corrected chi connectivity index (χ3v) is 4.29. The van der Waals surface area contributed by atoms with Gasteiger partial charge in [0.05, 0.1) is 30.7 Å². The lowest BCUT2D eigenvalue weighted by Gasteiger charge is -2.23. The Morgan fingerprint density at radius 2 is 2.00 bits per heavy atom. The Kier molecular flexibility index (Phi) is 7.15. The van der Waals surface area contributed by atoms with Gasteiger partial charge in [-0.15, -0.1) is 0 Å². The molecule has 1 fully saturated rings. The lowest BCUT2D eigenvalue weighted by atomic mass is 10.1. The number of rotatable bonds is 8. The topological polar surface area (TPSA) is 84.9 Å². The van der Waals surface area contributed by atoms with E-state index in [1.165, 1.54) is 0 Å². The Labute approximate surface area is 153 Å². The maximum Gasteiger partial charge on any atom is 0.338 e. The molecule has 0 bridgehead atoms. The molecule has 7 nitrogen and oxygen atoms in total. The third kappa shape index (κ3) is 5.05. The van der Waals surface area contributed by atoms with Crippen LogP contribution in [0.25, 0.3) is 0 Å². The van der Waals surface area contributed by atoms with Crippen LogP contribution in [0, 0.1) is 5.92 Å². The lowest BCUT2D eigenvalue weighted by Crippen LogP contribution is -2.38. The summed E-state index contributed by atoms with van der Waals surface area (Å²) in [6.07, 6.45) is 0.960. The molecule has 1 aromatic rings. The smallest absolute Gasteiger partial charge is 0.338 e. The number of benzene rings is 1. The van der Waals surface area contributed by atoms with E-state index < -0.39 is 5.92 Å². The molecule has 1 heterocycles. The maximum atomic E-state index is 12.4. The van der Waals surface area contributed by atoms with Crippen LogP contribution in [0.1, 0.15) is 37.0 Å². The van der Waals surface area contributed by atoms with Crippen molar-refractivity contribution in [3.05, 3.63) is 29.8 Å². The van der Waals surface area contributed by atoms with E-state index in [2.05, 4.69) is 5.32 Å². The average molecular weight is 362 g/mol. The van der Waals surface area contributed by atoms with Gasteiger partial charge in [0.2, 0.25) is 11.8 Å². The zero-order valence-corrected chi connectivity index (χ0v) is 15.5. The van der Waals surface area contributed by atoms with Gasteiger partial charge < -0.3 is 19.7 Å². The van der Waals surface area contributed by atoms with Gasteiger partial charge in [-0.3, -0.25) is 9.59 Å². The summed E-state index contributed by atoms with van der Waals surface area (Å²) in [7, 11) is 1.59. The highest BCUT2D eigenvalue weighted by Crippen LogP contribution is 2.22. The molecule has 2 amide bonds. The molecule has 26 heavy (non-hydrogen) atoms. The monoisotopic (exact) mass is 362 g/mol. The van der Waals surface area contributed by atoms with E-state index in [1.54, 1.807) is 36.3 Å². The second kappa shape index (κ2) is 9.33. The molecule has 1 saturated heterocycles. The molecule has 0 radical (unpaired) electrons. The SMILES string of the molecule is CCCOC(=O)c1ccc(NC(=O)C2CC(=O)N(C(C)COC)C2)cc1. The minimum Gasteiger partial charge on any atom is -0.462 e. The number of carbonyl (C=O) groups is 3. The number of ether oxygens (including phenoxy) is 2. The van der Waals surface area contributed by atoms with Crippen LogP contribution >= 0.6 is 0 Å². The molecule has 0 spiro atoms. The summed E-state index contributed by atoms with van der Waals surface area (Å²) < 4.78 is 10.1. The van der Waals surface area contributed by atoms with Crippen molar-refractivity contribution in [2.45, 2.75) is 32.7 Å². The molecule has 2 atom stereocenters. The van der Waals surface area contributed by atoms with Crippen molar-refractivity contribution < 1.29 is 23.9 Å². The molecule has 1 aromatic carbocycles. The highest BCUT2D eigenvalue weighted by atomic mass is 16.5. The van der Waals surface area contributed by atoms with Gasteiger partial charge in [-0.2, -0.15) is 0 Å². The summed E-state index contributed by atoms with van der Waals surface area (Å²) in [6.45, 7) is 5.03. The van der Waals surface area contributed by atoms with Crippen molar-refractivity contribution in [1.29, 1.82) is 0 Å². The summed E-state index contributed by atoms with van der Waals surface area (Å²) in [4.78, 5) is 38.0. The third-order valence-electron chi connectivity index (χ3n) is 4.29. The van der Waals surface area contributed by atoms with Crippen LogP contribution in [-0.2, 0) is 19.1 Å². The van der Waals surface area contributed by atoms with Crippen molar-refractivity contribution >= 4 is 23.5 Å². The molecule has 1 aliphatic heterocycles. The molecule has 7 heteroatoms. The van der Waals surface area contributed by atoms with Gasteiger partial charge in [0.15, 0.2) is 0 Å². The van der Waals surface area contributed by atoms with Crippen LogP contribution in [0.5, 0.6) is 0 Å². The van der Waals surface area contributed by atoms with Crippen molar-refractivity contribution in [2.75, 3.05) is 32.2 Å². The average Bonchev–Trinajstić information content (AvgIpc) is 3.02. The fraction of sp³-hybridized carbons (Fsp3) is 0.526. The van der Waals surface area contributed by atoms with Gasteiger partial charge >= 0.3 is 5.97 Å². The second-order valence-corrected chi connectivity index (χ2v) is 6.45. The standard InChI is InChI=1S/C19H26N2O5/c1-4-9-26-19(24)14-5-7-16(8-6-14)20-18(23)15-10-17(22)21(11-15)13(2)12-25-3/h5-8,13,15H,4,9-12H2,1-3H3,(H,20,23). The number of carbonyl (C=O) groups excluding carboxylic acids is 3. The first-order valence-corrected chi connectivity index (χ1v) is 8.82. The van der Waals surface area contributed by atoms with Crippen LogP contribution in [0.2, 0.25) is 0 Å². The predicted octanol–water partition coefficient (Wildman–Crippen LogP) is 2.08. The Morgan fingerprint density at radius 3 is 2.62 bits per heavy atom. The Hall–Kier alpha value is -2.41. The molecular formula is C19H26N2O5. The largest absolute Gasteiger partial charge is 0.462 e. The molecule has 0 aromatic heterocycles. The molecular weight excluding hydrogens is 336 g/mol. The first-order valence-electron chi connectivity index (χ1n) is 8.82. The number of methoxy groups -OCH3 is 1. The van der Waals surface area contributed by atoms with E-state index in [4.69, 9.17) is 9.47 Å². The Morgan fingerprint density at radius 1 is 1.31 bits per heavy atom. The van der Waals surface area contributed by atoms with Gasteiger partial charge in [-0.05, 0) is 37.6 Å². The summed E-state index contributed by atoms with van der Waals surface area (Å²) in [5.74, 6) is -1.01. The molecule has 2 rings (SSSR count). The van der Waals surface area contributed by atoms with E-state index in [0.717, 1.165) is 6.42 Å². The van der Waals surface area contributed by atoms with Crippen molar-refractivity contribution in [2.24, 2.45) is 5.92 Å². The van der Waals surface area contributed by atoms with E-state index in [9.17, 15) is 14.4 Å². The van der Waals surface area contributed by atoms with Gasteiger partial charge in [-0.1, -0.05) is 6.92 Å². The van der Waals surface area contributed by atoms with E-state index in [1.807, 2.05) is 13.8 Å². The van der Waals surface area contributed by atoms with Crippen molar-refractivity contribution in [1.82, 2.24) is 4.90 Å². The number of hydrogen-bond donors (Lipinski definition) is 1. The first kappa shape index (κ1) is 19.9. The Balaban J connectivity index is 1.91. The summed E-state index contributed by atoms with van der Waals surface area (Å²) >= 11 is 0. The number of anilines is 1. The minimum atomic E-state index is -0.393. The quantitative estimate of drug-likeness (QED) is 0.716. The number of nitrogens with one attached hydrogen (secondary N) is 1. The molecule has 0 saturated carbocycles. The summed E-state index contributed by atoms with van der Waals surface area (Å²) in [5.41, 5.74) is 1.02. The maximum absolute atomic E-state index is 12.4. The number of likely N-dealkylation sites (tertiary alicyclic amines) is 1. The van der Waals surface area contributed by atoms with Crippen LogP contribution in [0.4, 0.5) is 5.69 Å². The van der Waals surface area contributed by atoms with E-state index in [-0.39, 0.29) is 30.2 Å². The summed E-state index contributed by atoms with van der Waals surface area (Å²) in [5, 5.41) is 2.80. The van der Waals surface area contributed by atoms with Crippen LogP contribution in [0.3, 0.4) is 0 Å². The molecule has 0 aliphatic carbocycles. The predicted molar refractivity (Wildman–Crippen MR) is 96.8 cm³/mol. The highest BCUT2D eigenvalue weighted by molar-refractivity contribution is 5.97. The van der Waals surface area contributed by atoms with Crippen molar-refractivity contribution in [3.63, 3.8) is 0 Å². The normalized spacial score (nSPS) is 17.9. The summed E-state index contributed by atoms with van der Waals surface area (Å²) in [6, 6.07) is 6.48. The van der Waals surface area contributed by atoms with Crippen LogP contribution < -0.4 is 5.32 Å². The second-order valence-electron chi connectivity index (χ2n) is 6.45. The molecule has 2 unspecified atom stereocenters. The van der Waals surface area contributed by atoms with Crippen molar-refractivity contribution in [3.8, 4) is 0 Å². The molecule has 1 aliphatic rings. The number of nitrogens with zero attached hydrogens (tertiary/aromatic N) is 1. The minimum absolute atomic E-state index is 0.0382. The van der Waals surface area contributed by atoms with Gasteiger partial charge in [0.1, 0.15) is 0 Å². The van der Waals surface area contributed by atoms with Gasteiger partial charge in [0, 0.05) is 25.8 Å². The fourth-order valence-corrected chi connectivity index (χ4v) is 2.88. The van der Waals surface area contributed by atoms with Gasteiger partial charge in [0.25, 0.3) is 0 Å². The van der Waals surface area contributed by atoms with E-state index >= 15 is 0 Å². The first-order chi connectivity index (χ1) is 12.5. The fourth-order valence-electron chi connectivity index (χ4n) is 2.88. The van der Waals surface area contributed by atoms with Crippen LogP contribution in [-0.4, -0.2) is 55.6 Å². The molecule has 1 N–H and O–H groups in total. The number of hydrogen-bond acceptors (Lipinski definition) is 5. The van der Waals surface area contributed by atoms with E-state index in [0.29, 0.717) is 31.0 Å². The highest BCUT2D eigenvalue weighted by Gasteiger charge is 2.36. The van der Waals surface area contributed by atoms with Crippen LogP contribution in [0.15, 0.2) is 24.3 Å². The Bertz CT molecular complexity index is 644. The van der Waals surface area contributed by atoms with Gasteiger partial charge in [-0.25, -0.2) is 4.79 Å². The lowest BCUT2D eigenvalue weighted by molar-refractivity contribution is -0.130. The number of amides is 2. The molecule has 142 valence electrons. The number of esters is 1.